The highest BCUT2D eigenvalue weighted by molar-refractivity contribution is 8.12. The lowest BCUT2D eigenvalue weighted by Crippen LogP contribution is -2.29. The van der Waals surface area contributed by atoms with E-state index in [2.05, 4.69) is 24.3 Å². The van der Waals surface area contributed by atoms with Crippen molar-refractivity contribution in [1.82, 2.24) is 4.90 Å². The molecule has 2 aromatic rings. The van der Waals surface area contributed by atoms with Gasteiger partial charge < -0.3 is 4.74 Å². The molecule has 0 aromatic heterocycles. The molecule has 124 valence electrons. The van der Waals surface area contributed by atoms with Crippen LogP contribution in [0.25, 0.3) is 0 Å². The molecule has 1 unspecified atom stereocenters. The van der Waals surface area contributed by atoms with E-state index in [1.165, 1.54) is 17.3 Å². The minimum atomic E-state index is -0.0844. The fourth-order valence-corrected chi connectivity index (χ4v) is 3.06. The first kappa shape index (κ1) is 16.6. The predicted octanol–water partition coefficient (Wildman–Crippen LogP) is 4.14. The number of amidine groups is 1. The number of thioether (sulfide) groups is 1. The van der Waals surface area contributed by atoms with E-state index in [4.69, 9.17) is 9.73 Å². The van der Waals surface area contributed by atoms with E-state index in [9.17, 15) is 4.79 Å². The van der Waals surface area contributed by atoms with Crippen molar-refractivity contribution < 1.29 is 9.53 Å². The van der Waals surface area contributed by atoms with Crippen molar-refractivity contribution in [3.63, 3.8) is 0 Å². The summed E-state index contributed by atoms with van der Waals surface area (Å²) in [4.78, 5) is 18.4. The zero-order valence-electron chi connectivity index (χ0n) is 13.6. The normalized spacial score (nSPS) is 16.9. The third kappa shape index (κ3) is 3.97. The molecular formula is C19H20N2O2S. The lowest BCUT2D eigenvalue weighted by Gasteiger charge is -2.17. The number of nitrogens with zero attached hydrogens (tertiary/aromatic N) is 2. The summed E-state index contributed by atoms with van der Waals surface area (Å²) < 4.78 is 5.62. The van der Waals surface area contributed by atoms with Crippen LogP contribution >= 0.6 is 11.8 Å². The molecule has 1 amide bonds. The molecule has 1 saturated heterocycles. The summed E-state index contributed by atoms with van der Waals surface area (Å²) in [6.45, 7) is 1.06. The molecule has 0 aliphatic carbocycles. The Bertz CT molecular complexity index is 704. The standard InChI is InChI=1S/C19H20N2O2S/c1-24-19(22)21-12-13-23-18(21)20-17(16-10-6-3-7-11-16)14-15-8-4-2-5-9-15/h2-11,17H,12-14H2,1H3. The Morgan fingerprint density at radius 2 is 1.83 bits per heavy atom. The van der Waals surface area contributed by atoms with Crippen molar-refractivity contribution in [2.45, 2.75) is 12.5 Å². The van der Waals surface area contributed by atoms with E-state index in [0.717, 1.165) is 12.0 Å². The number of carbonyl (C=O) groups is 1. The van der Waals surface area contributed by atoms with E-state index >= 15 is 0 Å². The Kier molecular flexibility index (Phi) is 5.54. The van der Waals surface area contributed by atoms with Gasteiger partial charge in [0.05, 0.1) is 12.6 Å². The van der Waals surface area contributed by atoms with Crippen molar-refractivity contribution in [2.75, 3.05) is 19.4 Å². The maximum Gasteiger partial charge on any atom is 0.295 e. The maximum atomic E-state index is 12.0. The third-order valence-corrected chi connectivity index (χ3v) is 4.46. The van der Waals surface area contributed by atoms with Crippen molar-refractivity contribution in [3.8, 4) is 0 Å². The number of ether oxygens (including phenoxy) is 1. The third-order valence-electron chi connectivity index (χ3n) is 3.89. The summed E-state index contributed by atoms with van der Waals surface area (Å²) in [5.41, 5.74) is 2.32. The molecule has 3 rings (SSSR count). The van der Waals surface area contributed by atoms with Crippen LogP contribution in [0.3, 0.4) is 0 Å². The van der Waals surface area contributed by atoms with Gasteiger partial charge in [0.2, 0.25) is 0 Å². The number of hydrogen-bond donors (Lipinski definition) is 0. The van der Waals surface area contributed by atoms with Crippen LogP contribution in [0.15, 0.2) is 65.7 Å². The second-order valence-electron chi connectivity index (χ2n) is 5.50. The number of amides is 1. The van der Waals surface area contributed by atoms with Crippen molar-refractivity contribution in [3.05, 3.63) is 71.8 Å². The van der Waals surface area contributed by atoms with Crippen molar-refractivity contribution >= 4 is 23.0 Å². The molecule has 1 heterocycles. The molecule has 5 heteroatoms. The molecule has 0 spiro atoms. The first-order valence-electron chi connectivity index (χ1n) is 7.93. The second kappa shape index (κ2) is 8.02. The first-order valence-corrected chi connectivity index (χ1v) is 9.15. The summed E-state index contributed by atoms with van der Waals surface area (Å²) >= 11 is 1.18. The predicted molar refractivity (Wildman–Crippen MR) is 98.3 cm³/mol. The van der Waals surface area contributed by atoms with E-state index in [1.54, 1.807) is 11.2 Å². The molecule has 4 nitrogen and oxygen atoms in total. The lowest BCUT2D eigenvalue weighted by molar-refractivity contribution is 0.246. The van der Waals surface area contributed by atoms with Gasteiger partial charge in [-0.3, -0.25) is 9.69 Å². The first-order chi connectivity index (χ1) is 11.8. The lowest BCUT2D eigenvalue weighted by atomic mass is 9.99. The molecule has 0 N–H and O–H groups in total. The van der Waals surface area contributed by atoms with Crippen molar-refractivity contribution in [2.24, 2.45) is 4.99 Å². The summed E-state index contributed by atoms with van der Waals surface area (Å²) in [6.07, 6.45) is 2.54. The average Bonchev–Trinajstić information content (AvgIpc) is 3.10. The molecular weight excluding hydrogens is 320 g/mol. The molecule has 1 aliphatic heterocycles. The van der Waals surface area contributed by atoms with Gasteiger partial charge in [-0.25, -0.2) is 4.99 Å². The topological polar surface area (TPSA) is 41.9 Å². The number of carbonyl (C=O) groups excluding carboxylic acids is 1. The van der Waals surface area contributed by atoms with Crippen LogP contribution < -0.4 is 0 Å². The molecule has 1 aliphatic rings. The Hall–Kier alpha value is -2.27. The summed E-state index contributed by atoms with van der Waals surface area (Å²) in [5.74, 6) is 0. The van der Waals surface area contributed by atoms with Crippen LogP contribution in [0.4, 0.5) is 4.79 Å². The van der Waals surface area contributed by atoms with E-state index in [-0.39, 0.29) is 11.3 Å². The number of aliphatic imine (C=N–C) groups is 1. The molecule has 1 atom stereocenters. The van der Waals surface area contributed by atoms with Gasteiger partial charge in [-0.15, -0.1) is 0 Å². The van der Waals surface area contributed by atoms with Crippen LogP contribution in [0.1, 0.15) is 17.2 Å². The Balaban J connectivity index is 1.90. The van der Waals surface area contributed by atoms with Crippen LogP contribution in [-0.4, -0.2) is 35.6 Å². The second-order valence-corrected chi connectivity index (χ2v) is 6.26. The smallest absolute Gasteiger partial charge is 0.295 e. The Morgan fingerprint density at radius 1 is 1.17 bits per heavy atom. The van der Waals surface area contributed by atoms with Gasteiger partial charge in [0.1, 0.15) is 6.61 Å². The van der Waals surface area contributed by atoms with Gasteiger partial charge in [0, 0.05) is 0 Å². The Morgan fingerprint density at radius 3 is 2.50 bits per heavy atom. The van der Waals surface area contributed by atoms with Crippen molar-refractivity contribution in [1.29, 1.82) is 0 Å². The zero-order chi connectivity index (χ0) is 16.8. The molecule has 2 aromatic carbocycles. The van der Waals surface area contributed by atoms with E-state index in [1.807, 2.05) is 36.4 Å². The van der Waals surface area contributed by atoms with Gasteiger partial charge >= 0.3 is 0 Å². The number of rotatable bonds is 4. The average molecular weight is 340 g/mol. The fraction of sp³-hybridized carbons (Fsp3) is 0.263. The largest absolute Gasteiger partial charge is 0.463 e. The van der Waals surface area contributed by atoms with Gasteiger partial charge in [0.25, 0.3) is 11.3 Å². The summed E-state index contributed by atoms with van der Waals surface area (Å²) in [7, 11) is 0. The quantitative estimate of drug-likeness (QED) is 0.840. The van der Waals surface area contributed by atoms with E-state index < -0.39 is 0 Å². The Labute approximate surface area is 146 Å². The molecule has 0 bridgehead atoms. The van der Waals surface area contributed by atoms with E-state index in [0.29, 0.717) is 19.2 Å². The highest BCUT2D eigenvalue weighted by atomic mass is 32.2. The fourth-order valence-electron chi connectivity index (χ4n) is 2.67. The van der Waals surface area contributed by atoms with Gasteiger partial charge in [-0.05, 0) is 23.8 Å². The van der Waals surface area contributed by atoms with Gasteiger partial charge in [-0.1, -0.05) is 72.4 Å². The molecule has 24 heavy (non-hydrogen) atoms. The number of benzene rings is 2. The minimum absolute atomic E-state index is 0.0298. The molecule has 0 saturated carbocycles. The zero-order valence-corrected chi connectivity index (χ0v) is 14.4. The monoisotopic (exact) mass is 340 g/mol. The van der Waals surface area contributed by atoms with Crippen LogP contribution in [0, 0.1) is 0 Å². The molecule has 0 radical (unpaired) electrons. The van der Waals surface area contributed by atoms with Crippen LogP contribution in [0.2, 0.25) is 0 Å². The maximum absolute atomic E-state index is 12.0. The summed E-state index contributed by atoms with van der Waals surface area (Å²) in [6, 6.07) is 20.7. The number of hydrogen-bond acceptors (Lipinski definition) is 4. The van der Waals surface area contributed by atoms with Crippen LogP contribution in [0.5, 0.6) is 0 Å². The summed E-state index contributed by atoms with van der Waals surface area (Å²) in [5, 5.41) is -0.0298. The SMILES string of the molecule is CSC(=O)N1CCOC1=NC(Cc1ccccc1)c1ccccc1. The van der Waals surface area contributed by atoms with Crippen LogP contribution in [-0.2, 0) is 11.2 Å². The molecule has 1 fully saturated rings. The van der Waals surface area contributed by atoms with Gasteiger partial charge in [-0.2, -0.15) is 0 Å². The highest BCUT2D eigenvalue weighted by Gasteiger charge is 2.27. The van der Waals surface area contributed by atoms with Gasteiger partial charge in [0.15, 0.2) is 0 Å². The minimum Gasteiger partial charge on any atom is -0.463 e. The highest BCUT2D eigenvalue weighted by Crippen LogP contribution is 2.24.